The van der Waals surface area contributed by atoms with Crippen LogP contribution in [-0.2, 0) is 9.53 Å². The number of ether oxygens (including phenoxy) is 1. The van der Waals surface area contributed by atoms with Crippen molar-refractivity contribution < 1.29 is 19.4 Å². The molecule has 1 saturated carbocycles. The Morgan fingerprint density at radius 1 is 1.40 bits per heavy atom. The minimum atomic E-state index is -0.844. The van der Waals surface area contributed by atoms with Crippen molar-refractivity contribution in [2.75, 3.05) is 20.7 Å². The summed E-state index contributed by atoms with van der Waals surface area (Å²) in [5, 5.41) is 11.3. The second-order valence-corrected chi connectivity index (χ2v) is 6.22. The molecule has 116 valence electrons. The molecule has 0 heterocycles. The van der Waals surface area contributed by atoms with Gasteiger partial charge in [-0.1, -0.05) is 13.8 Å². The fourth-order valence-electron chi connectivity index (χ4n) is 2.78. The van der Waals surface area contributed by atoms with Crippen LogP contribution in [0.2, 0.25) is 0 Å². The van der Waals surface area contributed by atoms with E-state index in [1.165, 1.54) is 0 Å². The number of hydrogen-bond acceptors (Lipinski definition) is 3. The smallest absolute Gasteiger partial charge is 0.317 e. The Kier molecular flexibility index (Phi) is 5.02. The van der Waals surface area contributed by atoms with E-state index >= 15 is 0 Å². The number of urea groups is 1. The van der Waals surface area contributed by atoms with E-state index in [9.17, 15) is 9.59 Å². The quantitative estimate of drug-likeness (QED) is 0.728. The molecule has 2 unspecified atom stereocenters. The maximum absolute atomic E-state index is 12.0. The molecule has 0 aromatic rings. The van der Waals surface area contributed by atoms with Crippen molar-refractivity contribution in [2.24, 2.45) is 5.41 Å². The average molecular weight is 286 g/mol. The zero-order chi connectivity index (χ0) is 15.6. The number of nitrogens with zero attached hydrogens (tertiary/aromatic N) is 1. The standard InChI is InChI=1S/C14H26N2O4/c1-13(2)10(9-14(13,3)20-5)16(4)12(19)15-8-6-7-11(17)18/h10H,6-9H2,1-5H3,(H,15,19)(H,17,18). The summed E-state index contributed by atoms with van der Waals surface area (Å²) in [5.74, 6) is -0.844. The largest absolute Gasteiger partial charge is 0.481 e. The van der Waals surface area contributed by atoms with E-state index in [1.807, 2.05) is 0 Å². The Bertz CT molecular complexity index is 383. The summed E-state index contributed by atoms with van der Waals surface area (Å²) in [5.41, 5.74) is -0.329. The van der Waals surface area contributed by atoms with Crippen LogP contribution in [0.1, 0.15) is 40.0 Å². The highest BCUT2D eigenvalue weighted by Gasteiger charge is 2.59. The maximum Gasteiger partial charge on any atom is 0.317 e. The van der Waals surface area contributed by atoms with Crippen LogP contribution in [0.4, 0.5) is 4.79 Å². The van der Waals surface area contributed by atoms with Gasteiger partial charge >= 0.3 is 12.0 Å². The summed E-state index contributed by atoms with van der Waals surface area (Å²) in [6.45, 7) is 6.63. The van der Waals surface area contributed by atoms with Crippen LogP contribution in [0.3, 0.4) is 0 Å². The van der Waals surface area contributed by atoms with Crippen LogP contribution in [-0.4, -0.2) is 54.4 Å². The number of carboxylic acid groups (broad SMARTS) is 1. The van der Waals surface area contributed by atoms with E-state index in [4.69, 9.17) is 9.84 Å². The Balaban J connectivity index is 2.45. The highest BCUT2D eigenvalue weighted by molar-refractivity contribution is 5.74. The van der Waals surface area contributed by atoms with E-state index in [2.05, 4.69) is 26.1 Å². The van der Waals surface area contributed by atoms with Crippen LogP contribution >= 0.6 is 0 Å². The lowest BCUT2D eigenvalue weighted by molar-refractivity contribution is -0.198. The van der Waals surface area contributed by atoms with Crippen LogP contribution in [0.15, 0.2) is 0 Å². The number of methoxy groups -OCH3 is 1. The molecular weight excluding hydrogens is 260 g/mol. The summed E-state index contributed by atoms with van der Waals surface area (Å²) < 4.78 is 5.55. The van der Waals surface area contributed by atoms with Gasteiger partial charge in [0.15, 0.2) is 0 Å². The predicted molar refractivity (Wildman–Crippen MR) is 75.6 cm³/mol. The van der Waals surface area contributed by atoms with Gasteiger partial charge in [-0.05, 0) is 19.8 Å². The molecule has 1 aliphatic rings. The molecule has 0 aromatic carbocycles. The Morgan fingerprint density at radius 2 is 2.00 bits per heavy atom. The number of carboxylic acids is 1. The number of nitrogens with one attached hydrogen (secondary N) is 1. The highest BCUT2D eigenvalue weighted by Crippen LogP contribution is 2.53. The molecule has 2 N–H and O–H groups in total. The predicted octanol–water partition coefficient (Wildman–Crippen LogP) is 1.70. The number of hydrogen-bond donors (Lipinski definition) is 2. The van der Waals surface area contributed by atoms with Crippen molar-refractivity contribution in [1.82, 2.24) is 10.2 Å². The molecule has 0 bridgehead atoms. The van der Waals surface area contributed by atoms with Crippen molar-refractivity contribution in [3.05, 3.63) is 0 Å². The second-order valence-electron chi connectivity index (χ2n) is 6.22. The molecule has 0 spiro atoms. The lowest BCUT2D eigenvalue weighted by Gasteiger charge is -2.61. The summed E-state index contributed by atoms with van der Waals surface area (Å²) in [4.78, 5) is 24.1. The zero-order valence-corrected chi connectivity index (χ0v) is 13.0. The first-order valence-electron chi connectivity index (χ1n) is 6.93. The van der Waals surface area contributed by atoms with Gasteiger partial charge in [-0.3, -0.25) is 4.79 Å². The van der Waals surface area contributed by atoms with Crippen molar-refractivity contribution in [2.45, 2.75) is 51.7 Å². The number of rotatable bonds is 6. The number of carbonyl (C=O) groups excluding carboxylic acids is 1. The van der Waals surface area contributed by atoms with Gasteiger partial charge in [0.1, 0.15) is 0 Å². The number of amides is 2. The lowest BCUT2D eigenvalue weighted by Crippen LogP contribution is -2.69. The van der Waals surface area contributed by atoms with Gasteiger partial charge < -0.3 is 20.1 Å². The third-order valence-corrected chi connectivity index (χ3v) is 4.86. The molecule has 1 aliphatic carbocycles. The van der Waals surface area contributed by atoms with E-state index in [0.717, 1.165) is 6.42 Å². The molecular formula is C14H26N2O4. The van der Waals surface area contributed by atoms with Gasteiger partial charge in [-0.25, -0.2) is 4.79 Å². The monoisotopic (exact) mass is 286 g/mol. The topological polar surface area (TPSA) is 78.9 Å². The first-order chi connectivity index (χ1) is 9.15. The third kappa shape index (κ3) is 3.06. The summed E-state index contributed by atoms with van der Waals surface area (Å²) in [7, 11) is 3.47. The Morgan fingerprint density at radius 3 is 2.45 bits per heavy atom. The number of carbonyl (C=O) groups is 2. The van der Waals surface area contributed by atoms with E-state index < -0.39 is 5.97 Å². The second kappa shape index (κ2) is 5.99. The van der Waals surface area contributed by atoms with E-state index in [-0.39, 0.29) is 29.5 Å². The molecule has 6 nitrogen and oxygen atoms in total. The van der Waals surface area contributed by atoms with Crippen LogP contribution in [0.5, 0.6) is 0 Å². The molecule has 0 aromatic heterocycles. The van der Waals surface area contributed by atoms with Gasteiger partial charge in [0.25, 0.3) is 0 Å². The molecule has 2 atom stereocenters. The summed E-state index contributed by atoms with van der Waals surface area (Å²) >= 11 is 0. The third-order valence-electron chi connectivity index (χ3n) is 4.86. The molecule has 2 amide bonds. The van der Waals surface area contributed by atoms with Crippen molar-refractivity contribution in [1.29, 1.82) is 0 Å². The van der Waals surface area contributed by atoms with Crippen molar-refractivity contribution in [3.8, 4) is 0 Å². The highest BCUT2D eigenvalue weighted by atomic mass is 16.5. The van der Waals surface area contributed by atoms with Crippen LogP contribution < -0.4 is 5.32 Å². The Hall–Kier alpha value is -1.30. The Labute approximate surface area is 120 Å². The van der Waals surface area contributed by atoms with Gasteiger partial charge in [-0.2, -0.15) is 0 Å². The van der Waals surface area contributed by atoms with Gasteiger partial charge in [0.2, 0.25) is 0 Å². The number of aliphatic carboxylic acids is 1. The van der Waals surface area contributed by atoms with Gasteiger partial charge in [0, 0.05) is 38.6 Å². The van der Waals surface area contributed by atoms with E-state index in [1.54, 1.807) is 19.1 Å². The van der Waals surface area contributed by atoms with Gasteiger partial charge in [-0.15, -0.1) is 0 Å². The van der Waals surface area contributed by atoms with Crippen molar-refractivity contribution >= 4 is 12.0 Å². The molecule has 0 radical (unpaired) electrons. The fraction of sp³-hybridized carbons (Fsp3) is 0.857. The molecule has 20 heavy (non-hydrogen) atoms. The summed E-state index contributed by atoms with van der Waals surface area (Å²) in [6, 6.07) is -0.0430. The molecule has 0 aliphatic heterocycles. The van der Waals surface area contributed by atoms with Crippen LogP contribution in [0.25, 0.3) is 0 Å². The maximum atomic E-state index is 12.0. The van der Waals surface area contributed by atoms with Crippen molar-refractivity contribution in [3.63, 3.8) is 0 Å². The fourth-order valence-corrected chi connectivity index (χ4v) is 2.78. The summed E-state index contributed by atoms with van der Waals surface area (Å²) in [6.07, 6.45) is 1.31. The molecule has 1 fully saturated rings. The molecule has 6 heteroatoms. The van der Waals surface area contributed by atoms with E-state index in [0.29, 0.717) is 13.0 Å². The van der Waals surface area contributed by atoms with Crippen LogP contribution in [0, 0.1) is 5.41 Å². The average Bonchev–Trinajstić information content (AvgIpc) is 2.39. The first-order valence-corrected chi connectivity index (χ1v) is 6.93. The molecule has 0 saturated heterocycles. The zero-order valence-electron chi connectivity index (χ0n) is 13.0. The first kappa shape index (κ1) is 16.8. The SMILES string of the molecule is COC1(C)CC(N(C)C(=O)NCCCC(=O)O)C1(C)C. The lowest BCUT2D eigenvalue weighted by atomic mass is 9.55. The molecule has 1 rings (SSSR count). The minimum Gasteiger partial charge on any atom is -0.481 e. The van der Waals surface area contributed by atoms with Gasteiger partial charge in [0.05, 0.1) is 5.60 Å². The minimum absolute atomic E-state index is 0.0701. The normalized spacial score (nSPS) is 27.6.